The molecule has 1 aliphatic heterocycles. The predicted molar refractivity (Wildman–Crippen MR) is 117 cm³/mol. The first kappa shape index (κ1) is 19.3. The summed E-state index contributed by atoms with van der Waals surface area (Å²) in [5.41, 5.74) is 3.06. The van der Waals surface area contributed by atoms with Crippen LogP contribution in [0.1, 0.15) is 44.1 Å². The maximum atomic E-state index is 12.7. The molecule has 0 N–H and O–H groups in total. The molecule has 1 aliphatic carbocycles. The Morgan fingerprint density at radius 1 is 1.13 bits per heavy atom. The van der Waals surface area contributed by atoms with Crippen molar-refractivity contribution >= 4 is 16.6 Å². The number of rotatable bonds is 6. The summed E-state index contributed by atoms with van der Waals surface area (Å²) in [5, 5.41) is 0.716. The van der Waals surface area contributed by atoms with Gasteiger partial charge in [-0.15, -0.1) is 0 Å². The van der Waals surface area contributed by atoms with Gasteiger partial charge in [0.05, 0.1) is 22.9 Å². The fraction of sp³-hybridized carbons (Fsp3) is 0.522. The van der Waals surface area contributed by atoms with Crippen molar-refractivity contribution < 1.29 is 4.42 Å². The molecule has 5 rings (SSSR count). The maximum Gasteiger partial charge on any atom is 0.261 e. The van der Waals surface area contributed by atoms with Gasteiger partial charge in [-0.25, -0.2) is 9.97 Å². The molecule has 0 atom stereocenters. The predicted octanol–water partition coefficient (Wildman–Crippen LogP) is 3.24. The van der Waals surface area contributed by atoms with Gasteiger partial charge >= 0.3 is 0 Å². The first-order valence-electron chi connectivity index (χ1n) is 11.0. The molecule has 3 heterocycles. The van der Waals surface area contributed by atoms with Crippen LogP contribution in [0.15, 0.2) is 40.1 Å². The minimum Gasteiger partial charge on any atom is -0.448 e. The minimum absolute atomic E-state index is 0.0804. The summed E-state index contributed by atoms with van der Waals surface area (Å²) in [7, 11) is 0. The Balaban J connectivity index is 1.26. The van der Waals surface area contributed by atoms with Crippen LogP contribution in [0.25, 0.3) is 10.9 Å². The van der Waals surface area contributed by atoms with E-state index in [4.69, 9.17) is 4.42 Å². The van der Waals surface area contributed by atoms with Gasteiger partial charge in [0.2, 0.25) is 0 Å². The number of hydrogen-bond acceptors (Lipinski definition) is 6. The lowest BCUT2D eigenvalue weighted by Crippen LogP contribution is -2.46. The second kappa shape index (κ2) is 7.87. The Bertz CT molecular complexity index is 1090. The van der Waals surface area contributed by atoms with Crippen LogP contribution in [0.4, 0.5) is 5.69 Å². The van der Waals surface area contributed by atoms with Gasteiger partial charge in [-0.2, -0.15) is 0 Å². The van der Waals surface area contributed by atoms with Crippen molar-refractivity contribution in [1.82, 2.24) is 19.4 Å². The van der Waals surface area contributed by atoms with Crippen molar-refractivity contribution in [2.75, 3.05) is 31.1 Å². The number of hydrogen-bond donors (Lipinski definition) is 0. The summed E-state index contributed by atoms with van der Waals surface area (Å²) >= 11 is 0. The zero-order valence-corrected chi connectivity index (χ0v) is 17.8. The van der Waals surface area contributed by atoms with Gasteiger partial charge in [0.1, 0.15) is 5.76 Å². The Kier molecular flexibility index (Phi) is 5.06. The van der Waals surface area contributed by atoms with Crippen LogP contribution in [0.5, 0.6) is 0 Å². The van der Waals surface area contributed by atoms with Crippen LogP contribution in [0.2, 0.25) is 0 Å². The smallest absolute Gasteiger partial charge is 0.261 e. The highest BCUT2D eigenvalue weighted by Crippen LogP contribution is 2.30. The monoisotopic (exact) mass is 407 g/mol. The second-order valence-electron chi connectivity index (χ2n) is 8.93. The molecule has 2 aliphatic rings. The number of nitrogens with zero attached hydrogens (tertiary/aromatic N) is 5. The average Bonchev–Trinajstić information content (AvgIpc) is 3.45. The number of anilines is 1. The van der Waals surface area contributed by atoms with E-state index >= 15 is 0 Å². The van der Waals surface area contributed by atoms with Crippen molar-refractivity contribution in [3.05, 3.63) is 52.7 Å². The first-order chi connectivity index (χ1) is 14.6. The van der Waals surface area contributed by atoms with Gasteiger partial charge in [0.15, 0.2) is 6.39 Å². The van der Waals surface area contributed by atoms with Crippen LogP contribution in [0.3, 0.4) is 0 Å². The Hall–Kier alpha value is -2.67. The minimum atomic E-state index is 0.0804. The summed E-state index contributed by atoms with van der Waals surface area (Å²) in [6, 6.07) is 6.07. The number of fused-ring (bicyclic) bond motifs is 1. The fourth-order valence-corrected chi connectivity index (χ4v) is 4.29. The summed E-state index contributed by atoms with van der Waals surface area (Å²) in [6.45, 7) is 9.73. The largest absolute Gasteiger partial charge is 0.448 e. The molecule has 1 saturated carbocycles. The molecule has 7 nitrogen and oxygen atoms in total. The average molecular weight is 408 g/mol. The molecule has 2 aromatic heterocycles. The maximum absolute atomic E-state index is 12.7. The highest BCUT2D eigenvalue weighted by molar-refractivity contribution is 5.81. The summed E-state index contributed by atoms with van der Waals surface area (Å²) in [4.78, 5) is 26.5. The molecule has 2 fully saturated rings. The topological polar surface area (TPSA) is 67.4 Å². The molecule has 158 valence electrons. The van der Waals surface area contributed by atoms with Crippen molar-refractivity contribution in [1.29, 1.82) is 0 Å². The van der Waals surface area contributed by atoms with E-state index in [9.17, 15) is 4.79 Å². The van der Waals surface area contributed by atoms with Gasteiger partial charge in [0.25, 0.3) is 5.56 Å². The number of benzene rings is 1. The Morgan fingerprint density at radius 2 is 1.93 bits per heavy atom. The van der Waals surface area contributed by atoms with Crippen molar-refractivity contribution in [2.24, 2.45) is 5.92 Å². The third-order valence-corrected chi connectivity index (χ3v) is 6.27. The second-order valence-corrected chi connectivity index (χ2v) is 8.93. The van der Waals surface area contributed by atoms with E-state index in [1.54, 1.807) is 17.3 Å². The van der Waals surface area contributed by atoms with Gasteiger partial charge < -0.3 is 9.32 Å². The lowest BCUT2D eigenvalue weighted by atomic mass is 10.1. The van der Waals surface area contributed by atoms with Crippen LogP contribution in [0, 0.1) is 5.92 Å². The summed E-state index contributed by atoms with van der Waals surface area (Å²) < 4.78 is 7.33. The van der Waals surface area contributed by atoms with E-state index in [1.165, 1.54) is 12.8 Å². The number of piperazine rings is 1. The zero-order chi connectivity index (χ0) is 20.7. The lowest BCUT2D eigenvalue weighted by molar-refractivity contribution is 0.245. The van der Waals surface area contributed by atoms with E-state index in [0.29, 0.717) is 17.2 Å². The zero-order valence-electron chi connectivity index (χ0n) is 17.8. The Labute approximate surface area is 176 Å². The quantitative estimate of drug-likeness (QED) is 0.625. The lowest BCUT2D eigenvalue weighted by Gasteiger charge is -2.36. The standard InChI is InChI=1S/C23H29N5O2/c1-16(2)22-21(25-15-30-22)13-26-7-9-27(10-8-26)18-5-6-19-20(11-18)24-14-28(23(19)29)12-17-3-4-17/h5-6,11,14-17H,3-4,7-10,12-13H2,1-2H3. The summed E-state index contributed by atoms with van der Waals surface area (Å²) in [6.07, 6.45) is 5.73. The summed E-state index contributed by atoms with van der Waals surface area (Å²) in [5.74, 6) is 2.00. The molecule has 3 aromatic rings. The van der Waals surface area contributed by atoms with Gasteiger partial charge in [-0.1, -0.05) is 13.8 Å². The number of aromatic nitrogens is 3. The SMILES string of the molecule is CC(C)c1ocnc1CN1CCN(c2ccc3c(=O)n(CC4CC4)cnc3c2)CC1. The molecule has 7 heteroatoms. The molecule has 0 amide bonds. The third-order valence-electron chi connectivity index (χ3n) is 6.27. The highest BCUT2D eigenvalue weighted by atomic mass is 16.3. The molecule has 0 bridgehead atoms. The van der Waals surface area contributed by atoms with Gasteiger partial charge in [0, 0.05) is 50.9 Å². The first-order valence-corrected chi connectivity index (χ1v) is 11.0. The Morgan fingerprint density at radius 3 is 2.67 bits per heavy atom. The molecule has 1 aromatic carbocycles. The van der Waals surface area contributed by atoms with E-state index < -0.39 is 0 Å². The van der Waals surface area contributed by atoms with Crippen LogP contribution in [-0.2, 0) is 13.1 Å². The van der Waals surface area contributed by atoms with E-state index in [2.05, 4.69) is 45.7 Å². The molecule has 0 radical (unpaired) electrons. The normalized spacial score (nSPS) is 17.9. The number of oxazole rings is 1. The third kappa shape index (κ3) is 3.86. The van der Waals surface area contributed by atoms with Crippen LogP contribution < -0.4 is 10.5 Å². The highest BCUT2D eigenvalue weighted by Gasteiger charge is 2.23. The van der Waals surface area contributed by atoms with E-state index in [0.717, 1.165) is 61.9 Å². The van der Waals surface area contributed by atoms with Crippen LogP contribution >= 0.6 is 0 Å². The van der Waals surface area contributed by atoms with Crippen LogP contribution in [-0.4, -0.2) is 45.6 Å². The van der Waals surface area contributed by atoms with Crippen molar-refractivity contribution in [3.8, 4) is 0 Å². The van der Waals surface area contributed by atoms with Crippen molar-refractivity contribution in [3.63, 3.8) is 0 Å². The van der Waals surface area contributed by atoms with Crippen molar-refractivity contribution in [2.45, 2.75) is 45.7 Å². The molecule has 0 unspecified atom stereocenters. The molecular weight excluding hydrogens is 378 g/mol. The van der Waals surface area contributed by atoms with Gasteiger partial charge in [-0.05, 0) is 37.0 Å². The molecule has 1 saturated heterocycles. The molecule has 30 heavy (non-hydrogen) atoms. The van der Waals surface area contributed by atoms with E-state index in [-0.39, 0.29) is 5.56 Å². The molecule has 0 spiro atoms. The van der Waals surface area contributed by atoms with Gasteiger partial charge in [-0.3, -0.25) is 14.3 Å². The fourth-order valence-electron chi connectivity index (χ4n) is 4.29. The van der Waals surface area contributed by atoms with E-state index in [1.807, 2.05) is 6.07 Å². The molecular formula is C23H29N5O2.